The molecule has 0 unspecified atom stereocenters. The van der Waals surface area contributed by atoms with Gasteiger partial charge in [-0.1, -0.05) is 11.6 Å². The molecule has 25 heavy (non-hydrogen) atoms. The molecule has 9 heteroatoms. The molecule has 2 aromatic rings. The highest BCUT2D eigenvalue weighted by atomic mass is 35.5. The molecular formula is C16H15ClFNO5S. The average molecular weight is 388 g/mol. The molecule has 0 spiro atoms. The highest BCUT2D eigenvalue weighted by Gasteiger charge is 2.19. The van der Waals surface area contributed by atoms with Gasteiger partial charge in [-0.3, -0.25) is 0 Å². The lowest BCUT2D eigenvalue weighted by molar-refractivity contribution is 0.0469. The maximum absolute atomic E-state index is 13.3. The highest BCUT2D eigenvalue weighted by Crippen LogP contribution is 2.24. The van der Waals surface area contributed by atoms with Crippen LogP contribution in [0.25, 0.3) is 0 Å². The minimum Gasteiger partial charge on any atom is -0.496 e. The predicted octanol–water partition coefficient (Wildman–Crippen LogP) is 2.75. The Morgan fingerprint density at radius 1 is 1.24 bits per heavy atom. The molecule has 6 nitrogen and oxygen atoms in total. The van der Waals surface area contributed by atoms with E-state index in [0.717, 1.165) is 6.07 Å². The Hall–Kier alpha value is -2.16. The zero-order chi connectivity index (χ0) is 18.6. The molecular weight excluding hydrogens is 373 g/mol. The van der Waals surface area contributed by atoms with E-state index in [1.54, 1.807) is 0 Å². The van der Waals surface area contributed by atoms with Gasteiger partial charge in [0, 0.05) is 5.56 Å². The van der Waals surface area contributed by atoms with Crippen molar-refractivity contribution in [3.05, 3.63) is 58.4 Å². The average Bonchev–Trinajstić information content (AvgIpc) is 2.60. The van der Waals surface area contributed by atoms with Gasteiger partial charge in [-0.25, -0.2) is 22.3 Å². The van der Waals surface area contributed by atoms with Gasteiger partial charge < -0.3 is 9.47 Å². The summed E-state index contributed by atoms with van der Waals surface area (Å²) in [4.78, 5) is 12.1. The molecule has 0 aliphatic carbocycles. The van der Waals surface area contributed by atoms with Gasteiger partial charge in [0.2, 0.25) is 10.0 Å². The van der Waals surface area contributed by atoms with Gasteiger partial charge in [0.1, 0.15) is 18.2 Å². The number of ether oxygens (including phenoxy) is 2. The predicted molar refractivity (Wildman–Crippen MR) is 89.8 cm³/mol. The first-order valence-corrected chi connectivity index (χ1v) is 8.87. The molecule has 0 saturated carbocycles. The van der Waals surface area contributed by atoms with Crippen LogP contribution in [0, 0.1) is 5.82 Å². The molecule has 0 aliphatic rings. The van der Waals surface area contributed by atoms with E-state index < -0.39 is 21.8 Å². The number of hydrogen-bond donors (Lipinski definition) is 1. The van der Waals surface area contributed by atoms with Gasteiger partial charge in [0.05, 0.1) is 22.6 Å². The number of nitrogens with one attached hydrogen (secondary N) is 1. The van der Waals surface area contributed by atoms with Crippen LogP contribution < -0.4 is 9.46 Å². The molecule has 2 rings (SSSR count). The normalized spacial score (nSPS) is 11.2. The Morgan fingerprint density at radius 2 is 1.96 bits per heavy atom. The Morgan fingerprint density at radius 3 is 2.60 bits per heavy atom. The van der Waals surface area contributed by atoms with Crippen LogP contribution in [0.4, 0.5) is 4.39 Å². The van der Waals surface area contributed by atoms with E-state index in [0.29, 0.717) is 11.3 Å². The lowest BCUT2D eigenvalue weighted by Crippen LogP contribution is -2.19. The summed E-state index contributed by atoms with van der Waals surface area (Å²) in [6, 6.07) is 7.46. The van der Waals surface area contributed by atoms with Gasteiger partial charge in [0.15, 0.2) is 0 Å². The lowest BCUT2D eigenvalue weighted by atomic mass is 10.2. The summed E-state index contributed by atoms with van der Waals surface area (Å²) >= 11 is 5.95. The number of carbonyl (C=O) groups is 1. The summed E-state index contributed by atoms with van der Waals surface area (Å²) in [5, 5.41) is 0.0336. The van der Waals surface area contributed by atoms with E-state index in [4.69, 9.17) is 21.1 Å². The van der Waals surface area contributed by atoms with Crippen LogP contribution >= 0.6 is 11.6 Å². The van der Waals surface area contributed by atoms with Crippen molar-refractivity contribution in [3.8, 4) is 5.75 Å². The van der Waals surface area contributed by atoms with Crippen molar-refractivity contribution in [2.45, 2.75) is 11.5 Å². The van der Waals surface area contributed by atoms with Crippen molar-refractivity contribution in [1.29, 1.82) is 0 Å². The number of methoxy groups -OCH3 is 1. The molecule has 0 heterocycles. The van der Waals surface area contributed by atoms with Crippen LogP contribution in [0.15, 0.2) is 41.3 Å². The lowest BCUT2D eigenvalue weighted by Gasteiger charge is -2.11. The van der Waals surface area contributed by atoms with Crippen molar-refractivity contribution >= 4 is 27.6 Å². The van der Waals surface area contributed by atoms with Gasteiger partial charge in [0.25, 0.3) is 0 Å². The minimum atomic E-state index is -3.74. The van der Waals surface area contributed by atoms with Crippen molar-refractivity contribution in [2.75, 3.05) is 14.2 Å². The SMILES string of the molecule is CNS(=O)(=O)c1ccc(Cl)c(C(=O)OCc2cc(F)ccc2OC)c1. The Labute approximate surface area is 149 Å². The van der Waals surface area contributed by atoms with Crippen molar-refractivity contribution in [2.24, 2.45) is 0 Å². The van der Waals surface area contributed by atoms with Crippen LogP contribution in [0.3, 0.4) is 0 Å². The molecule has 1 N–H and O–H groups in total. The quantitative estimate of drug-likeness (QED) is 0.771. The van der Waals surface area contributed by atoms with E-state index in [9.17, 15) is 17.6 Å². The first kappa shape index (κ1) is 19.2. The molecule has 0 atom stereocenters. The smallest absolute Gasteiger partial charge is 0.340 e. The molecule has 0 aliphatic heterocycles. The number of sulfonamides is 1. The second-order valence-corrected chi connectivity index (χ2v) is 7.18. The van der Waals surface area contributed by atoms with Crippen LogP contribution in [-0.2, 0) is 21.4 Å². The zero-order valence-corrected chi connectivity index (χ0v) is 14.9. The summed E-state index contributed by atoms with van der Waals surface area (Å²) in [6.45, 7) is -0.265. The third-order valence-corrected chi connectivity index (χ3v) is 5.08. The van der Waals surface area contributed by atoms with Crippen LogP contribution in [-0.4, -0.2) is 28.5 Å². The van der Waals surface area contributed by atoms with E-state index in [2.05, 4.69) is 4.72 Å². The summed E-state index contributed by atoms with van der Waals surface area (Å²) in [6.07, 6.45) is 0. The molecule has 0 amide bonds. The van der Waals surface area contributed by atoms with E-state index in [1.807, 2.05) is 0 Å². The van der Waals surface area contributed by atoms with Crippen LogP contribution in [0.1, 0.15) is 15.9 Å². The third-order valence-electron chi connectivity index (χ3n) is 3.34. The van der Waals surface area contributed by atoms with Gasteiger partial charge in [-0.05, 0) is 43.4 Å². The molecule has 0 saturated heterocycles. The monoisotopic (exact) mass is 387 g/mol. The van der Waals surface area contributed by atoms with Gasteiger partial charge in [-0.15, -0.1) is 0 Å². The zero-order valence-electron chi connectivity index (χ0n) is 13.4. The Kier molecular flexibility index (Phi) is 5.99. The second kappa shape index (κ2) is 7.81. The summed E-state index contributed by atoms with van der Waals surface area (Å²) in [7, 11) is -1.09. The minimum absolute atomic E-state index is 0.0336. The molecule has 2 aromatic carbocycles. The largest absolute Gasteiger partial charge is 0.496 e. The number of halogens is 2. The van der Waals surface area contributed by atoms with Gasteiger partial charge >= 0.3 is 5.97 Å². The standard InChI is InChI=1S/C16H15ClFNO5S/c1-19-25(21,22)12-4-5-14(17)13(8-12)16(20)24-9-10-7-11(18)3-6-15(10)23-2/h3-8,19H,9H2,1-2H3. The molecule has 0 bridgehead atoms. The summed E-state index contributed by atoms with van der Waals surface area (Å²) < 4.78 is 49.3. The molecule has 0 radical (unpaired) electrons. The number of hydrogen-bond acceptors (Lipinski definition) is 5. The van der Waals surface area contributed by atoms with Crippen LogP contribution in [0.5, 0.6) is 5.75 Å². The van der Waals surface area contributed by atoms with Crippen molar-refractivity contribution < 1.29 is 27.1 Å². The van der Waals surface area contributed by atoms with Crippen molar-refractivity contribution in [1.82, 2.24) is 4.72 Å². The van der Waals surface area contributed by atoms with E-state index >= 15 is 0 Å². The molecule has 0 aromatic heterocycles. The Bertz CT molecular complexity index is 901. The summed E-state index contributed by atoms with van der Waals surface area (Å²) in [5.41, 5.74) is 0.208. The number of esters is 1. The second-order valence-electron chi connectivity index (χ2n) is 4.88. The maximum Gasteiger partial charge on any atom is 0.340 e. The fourth-order valence-corrected chi connectivity index (χ4v) is 2.98. The first-order valence-electron chi connectivity index (χ1n) is 7.01. The van der Waals surface area contributed by atoms with E-state index in [-0.39, 0.29) is 22.1 Å². The van der Waals surface area contributed by atoms with E-state index in [1.165, 1.54) is 44.5 Å². The van der Waals surface area contributed by atoms with Gasteiger partial charge in [-0.2, -0.15) is 0 Å². The Balaban J connectivity index is 2.24. The highest BCUT2D eigenvalue weighted by molar-refractivity contribution is 7.89. The topological polar surface area (TPSA) is 81.7 Å². The fourth-order valence-electron chi connectivity index (χ4n) is 2.03. The third kappa shape index (κ3) is 4.47. The number of benzene rings is 2. The van der Waals surface area contributed by atoms with Crippen molar-refractivity contribution in [3.63, 3.8) is 0 Å². The number of carbonyl (C=O) groups excluding carboxylic acids is 1. The fraction of sp³-hybridized carbons (Fsp3) is 0.188. The maximum atomic E-state index is 13.3. The number of rotatable bonds is 6. The summed E-state index contributed by atoms with van der Waals surface area (Å²) in [5.74, 6) is -0.997. The molecule has 134 valence electrons. The van der Waals surface area contributed by atoms with Crippen LogP contribution in [0.2, 0.25) is 5.02 Å². The first-order chi connectivity index (χ1) is 11.8. The molecule has 0 fully saturated rings.